The lowest BCUT2D eigenvalue weighted by atomic mass is 9.44. The molecule has 11 rings (SSSR count). The number of hydrogen-bond acceptors (Lipinski definition) is 4. The van der Waals surface area contributed by atoms with E-state index in [1.54, 1.807) is 0 Å². The molecule has 0 amide bonds. The van der Waals surface area contributed by atoms with Crippen molar-refractivity contribution in [2.45, 2.75) is 56.8 Å². The van der Waals surface area contributed by atoms with Gasteiger partial charge in [-0.3, -0.25) is 9.59 Å². The minimum absolute atomic E-state index is 0.0459. The Kier molecular flexibility index (Phi) is 5.52. The number of carbonyl (C=O) groups is 2. The summed E-state index contributed by atoms with van der Waals surface area (Å²) in [5, 5.41) is 2.21. The number of esters is 2. The Hall–Kier alpha value is -3.92. The molecule has 43 heavy (non-hydrogen) atoms. The first-order chi connectivity index (χ1) is 21.0. The molecule has 6 bridgehead atoms. The third kappa shape index (κ3) is 3.95. The van der Waals surface area contributed by atoms with Crippen LogP contribution in [0.5, 0.6) is 5.75 Å². The molecule has 0 aliphatic heterocycles. The van der Waals surface area contributed by atoms with E-state index in [9.17, 15) is 9.59 Å². The van der Waals surface area contributed by atoms with Gasteiger partial charge in [-0.05, 0) is 102 Å². The molecule has 0 radical (unpaired) electrons. The van der Waals surface area contributed by atoms with Crippen molar-refractivity contribution in [3.63, 3.8) is 0 Å². The van der Waals surface area contributed by atoms with Crippen molar-refractivity contribution in [3.8, 4) is 5.75 Å². The molecule has 4 nitrogen and oxygen atoms in total. The number of carbonyl (C=O) groups excluding carboxylic acids is 2. The largest absolute Gasteiger partial charge is 0.465 e. The second-order valence-corrected chi connectivity index (χ2v) is 14.4. The molecule has 4 saturated carbocycles. The van der Waals surface area contributed by atoms with Crippen molar-refractivity contribution in [1.29, 1.82) is 0 Å². The number of fused-ring (bicyclic) bond motifs is 2. The molecule has 216 valence electrons. The zero-order chi connectivity index (χ0) is 28.8. The van der Waals surface area contributed by atoms with Gasteiger partial charge < -0.3 is 9.47 Å². The fourth-order valence-corrected chi connectivity index (χ4v) is 10.5. The van der Waals surface area contributed by atoms with E-state index in [1.165, 1.54) is 28.7 Å². The summed E-state index contributed by atoms with van der Waals surface area (Å²) in [7, 11) is 0. The van der Waals surface area contributed by atoms with Gasteiger partial charge in [0.05, 0.1) is 17.9 Å². The SMILES string of the molecule is O=C(OCC12CC3CC(C1)CC(C(=O)Oc1ccc4ccccc4c1)(C3)C2)C1CC2c3ccccc3C1c1ccccc12. The van der Waals surface area contributed by atoms with Crippen LogP contribution >= 0.6 is 0 Å². The van der Waals surface area contributed by atoms with Crippen LogP contribution < -0.4 is 4.74 Å². The van der Waals surface area contributed by atoms with Gasteiger partial charge in [0, 0.05) is 17.3 Å². The van der Waals surface area contributed by atoms with Crippen molar-refractivity contribution in [3.05, 3.63) is 113 Å². The third-order valence-electron chi connectivity index (χ3n) is 11.7. The topological polar surface area (TPSA) is 52.6 Å². The first-order valence-electron chi connectivity index (χ1n) is 16.0. The summed E-state index contributed by atoms with van der Waals surface area (Å²) in [6.07, 6.45) is 6.62. The third-order valence-corrected chi connectivity index (χ3v) is 11.7. The highest BCUT2D eigenvalue weighted by atomic mass is 16.5. The van der Waals surface area contributed by atoms with E-state index in [1.807, 2.05) is 30.3 Å². The summed E-state index contributed by atoms with van der Waals surface area (Å²) in [4.78, 5) is 27.9. The standard InChI is InChI=1S/C39H36O4/c40-36(34-17-33-29-9-3-5-11-31(29)35(34)32-12-6-4-10-30(32)33)42-23-38-18-24-15-25(19-38)21-39(20-24,22-38)37(41)43-28-14-13-26-7-1-2-8-27(26)16-28/h1-14,16,24-25,33-35H,15,17-23H2. The molecule has 4 aromatic carbocycles. The fraction of sp³-hybridized carbons (Fsp3) is 0.385. The van der Waals surface area contributed by atoms with E-state index in [4.69, 9.17) is 9.47 Å². The normalized spacial score (nSPS) is 32.7. The number of rotatable bonds is 5. The summed E-state index contributed by atoms with van der Waals surface area (Å²) in [5.74, 6) is 1.56. The van der Waals surface area contributed by atoms with Crippen LogP contribution in [0.25, 0.3) is 10.8 Å². The lowest BCUT2D eigenvalue weighted by molar-refractivity contribution is -0.183. The Morgan fingerprint density at radius 1 is 0.698 bits per heavy atom. The van der Waals surface area contributed by atoms with Crippen molar-refractivity contribution < 1.29 is 19.1 Å². The predicted octanol–water partition coefficient (Wildman–Crippen LogP) is 8.17. The van der Waals surface area contributed by atoms with Gasteiger partial charge in [0.25, 0.3) is 0 Å². The van der Waals surface area contributed by atoms with Gasteiger partial charge in [-0.2, -0.15) is 0 Å². The first-order valence-corrected chi connectivity index (χ1v) is 16.0. The van der Waals surface area contributed by atoms with Crippen molar-refractivity contribution in [2.24, 2.45) is 28.6 Å². The maximum atomic E-state index is 13.9. The molecule has 3 atom stereocenters. The van der Waals surface area contributed by atoms with E-state index in [2.05, 4.69) is 60.7 Å². The Morgan fingerprint density at radius 3 is 2.02 bits per heavy atom. The Labute approximate surface area is 252 Å². The van der Waals surface area contributed by atoms with Crippen LogP contribution in [-0.4, -0.2) is 18.5 Å². The highest BCUT2D eigenvalue weighted by molar-refractivity contribution is 5.86. The van der Waals surface area contributed by atoms with E-state index in [0.29, 0.717) is 24.2 Å². The van der Waals surface area contributed by atoms with Crippen LogP contribution in [-0.2, 0) is 14.3 Å². The van der Waals surface area contributed by atoms with E-state index < -0.39 is 5.41 Å². The van der Waals surface area contributed by atoms with Crippen molar-refractivity contribution >= 4 is 22.7 Å². The predicted molar refractivity (Wildman–Crippen MR) is 165 cm³/mol. The van der Waals surface area contributed by atoms with E-state index >= 15 is 0 Å². The highest BCUT2D eigenvalue weighted by Crippen LogP contribution is 2.66. The van der Waals surface area contributed by atoms with E-state index in [0.717, 1.165) is 49.3 Å². The Morgan fingerprint density at radius 2 is 1.33 bits per heavy atom. The monoisotopic (exact) mass is 568 g/mol. The molecular weight excluding hydrogens is 532 g/mol. The van der Waals surface area contributed by atoms with Gasteiger partial charge in [0.2, 0.25) is 0 Å². The maximum Gasteiger partial charge on any atom is 0.317 e. The van der Waals surface area contributed by atoms with Crippen LogP contribution in [0, 0.1) is 28.6 Å². The molecule has 0 spiro atoms. The number of ether oxygens (including phenoxy) is 2. The average Bonchev–Trinajstić information content (AvgIpc) is 3.03. The molecule has 0 N–H and O–H groups in total. The maximum absolute atomic E-state index is 13.9. The van der Waals surface area contributed by atoms with Crippen LogP contribution in [0.15, 0.2) is 91.0 Å². The molecule has 4 heteroatoms. The van der Waals surface area contributed by atoms with Gasteiger partial charge in [-0.1, -0.05) is 78.9 Å². The number of hydrogen-bond donors (Lipinski definition) is 0. The van der Waals surface area contributed by atoms with Crippen LogP contribution in [0.4, 0.5) is 0 Å². The second kappa shape index (κ2) is 9.29. The highest BCUT2D eigenvalue weighted by Gasteiger charge is 2.62. The number of benzene rings is 4. The summed E-state index contributed by atoms with van der Waals surface area (Å²) in [6.45, 7) is 0.418. The van der Waals surface area contributed by atoms with Crippen LogP contribution in [0.3, 0.4) is 0 Å². The minimum atomic E-state index is -0.482. The average molecular weight is 569 g/mol. The minimum Gasteiger partial charge on any atom is -0.465 e. The molecule has 4 fully saturated rings. The van der Waals surface area contributed by atoms with E-state index in [-0.39, 0.29) is 35.1 Å². The Bertz CT molecular complexity index is 1730. The second-order valence-electron chi connectivity index (χ2n) is 14.4. The Balaban J connectivity index is 0.951. The zero-order valence-corrected chi connectivity index (χ0v) is 24.3. The molecule has 3 unspecified atom stereocenters. The molecule has 7 aliphatic carbocycles. The summed E-state index contributed by atoms with van der Waals surface area (Å²) in [6, 6.07) is 31.3. The van der Waals surface area contributed by atoms with Gasteiger partial charge in [0.15, 0.2) is 0 Å². The van der Waals surface area contributed by atoms with Gasteiger partial charge in [0.1, 0.15) is 5.75 Å². The van der Waals surface area contributed by atoms with Crippen LogP contribution in [0.1, 0.15) is 79.0 Å². The lowest BCUT2D eigenvalue weighted by Crippen LogP contribution is -2.57. The molecule has 7 aliphatic rings. The van der Waals surface area contributed by atoms with Crippen molar-refractivity contribution in [2.75, 3.05) is 6.61 Å². The first kappa shape index (κ1) is 25.6. The zero-order valence-electron chi connectivity index (χ0n) is 24.3. The fourth-order valence-electron chi connectivity index (χ4n) is 10.5. The van der Waals surface area contributed by atoms with Crippen LogP contribution in [0.2, 0.25) is 0 Å². The summed E-state index contributed by atoms with van der Waals surface area (Å²) < 4.78 is 12.5. The summed E-state index contributed by atoms with van der Waals surface area (Å²) >= 11 is 0. The molecular formula is C39H36O4. The quantitative estimate of drug-likeness (QED) is 0.180. The lowest BCUT2D eigenvalue weighted by Gasteiger charge is -2.60. The molecule has 0 aromatic heterocycles. The van der Waals surface area contributed by atoms with Gasteiger partial charge in [-0.25, -0.2) is 0 Å². The summed E-state index contributed by atoms with van der Waals surface area (Å²) in [5.41, 5.74) is 4.68. The molecule has 0 heterocycles. The van der Waals surface area contributed by atoms with Crippen molar-refractivity contribution in [1.82, 2.24) is 0 Å². The van der Waals surface area contributed by atoms with Gasteiger partial charge >= 0.3 is 11.9 Å². The smallest absolute Gasteiger partial charge is 0.317 e. The molecule has 4 aromatic rings. The van der Waals surface area contributed by atoms with Gasteiger partial charge in [-0.15, -0.1) is 0 Å². The molecule has 0 saturated heterocycles.